The van der Waals surface area contributed by atoms with Gasteiger partial charge in [0.25, 0.3) is 0 Å². The smallest absolute Gasteiger partial charge is 0.225 e. The fourth-order valence-corrected chi connectivity index (χ4v) is 5.60. The number of sulfonamides is 1. The van der Waals surface area contributed by atoms with Gasteiger partial charge in [0.05, 0.1) is 5.75 Å². The largest absolute Gasteiger partial charge is 0.368 e. The number of unbranched alkanes of at least 4 members (excludes halogenated alkanes) is 1. The highest BCUT2D eigenvalue weighted by Gasteiger charge is 2.33. The Kier molecular flexibility index (Phi) is 6.76. The molecule has 6 nitrogen and oxygen atoms in total. The Labute approximate surface area is 163 Å². The molecule has 1 amide bonds. The standard InChI is InChI=1S/C20H31N3O3S/c1-2-3-17-27(25,26)23-11-9-18(10-12-23)20(24)22-15-13-21(14-16-22)19-7-5-4-6-8-19/h4-8,18H,2-3,9-17H2,1H3. The average molecular weight is 394 g/mol. The minimum Gasteiger partial charge on any atom is -0.368 e. The molecule has 27 heavy (non-hydrogen) atoms. The van der Waals surface area contributed by atoms with Crippen LogP contribution >= 0.6 is 0 Å². The van der Waals surface area contributed by atoms with Crippen molar-refractivity contribution < 1.29 is 13.2 Å². The lowest BCUT2D eigenvalue weighted by molar-refractivity contribution is -0.137. The van der Waals surface area contributed by atoms with Crippen molar-refractivity contribution in [2.45, 2.75) is 32.6 Å². The Morgan fingerprint density at radius 2 is 1.63 bits per heavy atom. The first kappa shape index (κ1) is 20.1. The van der Waals surface area contributed by atoms with Crippen molar-refractivity contribution in [1.29, 1.82) is 0 Å². The van der Waals surface area contributed by atoms with E-state index < -0.39 is 10.0 Å². The molecule has 0 aliphatic carbocycles. The number of piperazine rings is 1. The number of piperidine rings is 1. The van der Waals surface area contributed by atoms with E-state index in [4.69, 9.17) is 0 Å². The van der Waals surface area contributed by atoms with Crippen LogP contribution in [-0.4, -0.2) is 68.6 Å². The lowest BCUT2D eigenvalue weighted by Crippen LogP contribution is -2.52. The molecule has 7 heteroatoms. The molecule has 2 aliphatic rings. The van der Waals surface area contributed by atoms with Gasteiger partial charge in [-0.1, -0.05) is 31.5 Å². The predicted octanol–water partition coefficient (Wildman–Crippen LogP) is 2.18. The Balaban J connectivity index is 1.47. The molecular weight excluding hydrogens is 362 g/mol. The molecule has 0 saturated carbocycles. The molecule has 2 saturated heterocycles. The average Bonchev–Trinajstić information content (AvgIpc) is 2.72. The van der Waals surface area contributed by atoms with E-state index in [1.54, 1.807) is 4.31 Å². The number of hydrogen-bond donors (Lipinski definition) is 0. The van der Waals surface area contributed by atoms with Gasteiger partial charge in [0.2, 0.25) is 15.9 Å². The van der Waals surface area contributed by atoms with Crippen LogP contribution in [0, 0.1) is 5.92 Å². The Morgan fingerprint density at radius 1 is 1.00 bits per heavy atom. The van der Waals surface area contributed by atoms with Gasteiger partial charge in [-0.3, -0.25) is 4.79 Å². The van der Waals surface area contributed by atoms with Crippen LogP contribution in [0.3, 0.4) is 0 Å². The second-order valence-electron chi connectivity index (χ2n) is 7.49. The molecule has 1 aromatic carbocycles. The van der Waals surface area contributed by atoms with E-state index in [2.05, 4.69) is 17.0 Å². The number of benzene rings is 1. The number of nitrogens with zero attached hydrogens (tertiary/aromatic N) is 3. The molecule has 0 spiro atoms. The zero-order chi connectivity index (χ0) is 19.3. The van der Waals surface area contributed by atoms with Gasteiger partial charge in [-0.15, -0.1) is 0 Å². The summed E-state index contributed by atoms with van der Waals surface area (Å²) < 4.78 is 26.2. The van der Waals surface area contributed by atoms with Gasteiger partial charge >= 0.3 is 0 Å². The molecule has 0 radical (unpaired) electrons. The van der Waals surface area contributed by atoms with Crippen LogP contribution in [0.4, 0.5) is 5.69 Å². The molecule has 3 rings (SSSR count). The molecule has 0 bridgehead atoms. The van der Waals surface area contributed by atoms with Crippen LogP contribution < -0.4 is 4.90 Å². The molecular formula is C20H31N3O3S. The molecule has 0 aromatic heterocycles. The summed E-state index contributed by atoms with van der Waals surface area (Å²) in [5, 5.41) is 0. The molecule has 2 fully saturated rings. The minimum atomic E-state index is -3.16. The van der Waals surface area contributed by atoms with Crippen LogP contribution in [0.25, 0.3) is 0 Å². The van der Waals surface area contributed by atoms with Crippen molar-refractivity contribution in [1.82, 2.24) is 9.21 Å². The second kappa shape index (κ2) is 9.06. The molecule has 2 heterocycles. The van der Waals surface area contributed by atoms with Crippen molar-refractivity contribution in [2.75, 3.05) is 49.9 Å². The fraction of sp³-hybridized carbons (Fsp3) is 0.650. The lowest BCUT2D eigenvalue weighted by atomic mass is 9.96. The fourth-order valence-electron chi connectivity index (χ4n) is 3.92. The van der Waals surface area contributed by atoms with E-state index in [1.807, 2.05) is 30.0 Å². The van der Waals surface area contributed by atoms with Crippen LogP contribution in [0.2, 0.25) is 0 Å². The third-order valence-corrected chi connectivity index (χ3v) is 7.62. The summed E-state index contributed by atoms with van der Waals surface area (Å²) in [5.74, 6) is 0.392. The number of para-hydroxylation sites is 1. The molecule has 150 valence electrons. The maximum Gasteiger partial charge on any atom is 0.225 e. The van der Waals surface area contributed by atoms with E-state index in [0.29, 0.717) is 32.4 Å². The van der Waals surface area contributed by atoms with Crippen LogP contribution in [-0.2, 0) is 14.8 Å². The van der Waals surface area contributed by atoms with Crippen molar-refractivity contribution >= 4 is 21.6 Å². The van der Waals surface area contributed by atoms with Gasteiger partial charge < -0.3 is 9.80 Å². The zero-order valence-electron chi connectivity index (χ0n) is 16.2. The van der Waals surface area contributed by atoms with Crippen LogP contribution in [0.1, 0.15) is 32.6 Å². The highest BCUT2D eigenvalue weighted by Crippen LogP contribution is 2.24. The minimum absolute atomic E-state index is 0.0362. The predicted molar refractivity (Wildman–Crippen MR) is 108 cm³/mol. The van der Waals surface area contributed by atoms with Gasteiger partial charge in [0.15, 0.2) is 0 Å². The number of rotatable bonds is 6. The Hall–Kier alpha value is -1.60. The molecule has 2 aliphatic heterocycles. The van der Waals surface area contributed by atoms with Crippen molar-refractivity contribution in [3.63, 3.8) is 0 Å². The van der Waals surface area contributed by atoms with E-state index >= 15 is 0 Å². The number of amides is 1. The third kappa shape index (κ3) is 5.02. The van der Waals surface area contributed by atoms with E-state index in [1.165, 1.54) is 5.69 Å². The number of carbonyl (C=O) groups excluding carboxylic acids is 1. The summed E-state index contributed by atoms with van der Waals surface area (Å²) in [6.07, 6.45) is 2.86. The number of carbonyl (C=O) groups is 1. The summed E-state index contributed by atoms with van der Waals surface area (Å²) >= 11 is 0. The van der Waals surface area contributed by atoms with Gasteiger partial charge in [-0.25, -0.2) is 12.7 Å². The number of anilines is 1. The van der Waals surface area contributed by atoms with Crippen LogP contribution in [0.15, 0.2) is 30.3 Å². The lowest BCUT2D eigenvalue weighted by Gasteiger charge is -2.39. The highest BCUT2D eigenvalue weighted by molar-refractivity contribution is 7.89. The van der Waals surface area contributed by atoms with E-state index in [0.717, 1.165) is 32.6 Å². The van der Waals surface area contributed by atoms with E-state index in [-0.39, 0.29) is 17.6 Å². The molecule has 1 aromatic rings. The van der Waals surface area contributed by atoms with Gasteiger partial charge in [0, 0.05) is 50.9 Å². The molecule has 0 unspecified atom stereocenters. The highest BCUT2D eigenvalue weighted by atomic mass is 32.2. The van der Waals surface area contributed by atoms with Crippen molar-refractivity contribution in [2.24, 2.45) is 5.92 Å². The summed E-state index contributed by atoms with van der Waals surface area (Å²) in [4.78, 5) is 17.1. The summed E-state index contributed by atoms with van der Waals surface area (Å²) in [6.45, 7) is 6.13. The first-order valence-corrected chi connectivity index (χ1v) is 11.7. The summed E-state index contributed by atoms with van der Waals surface area (Å²) in [6, 6.07) is 10.3. The van der Waals surface area contributed by atoms with Gasteiger partial charge in [0.1, 0.15) is 0 Å². The van der Waals surface area contributed by atoms with Gasteiger partial charge in [-0.05, 0) is 31.4 Å². The van der Waals surface area contributed by atoms with Crippen LogP contribution in [0.5, 0.6) is 0 Å². The van der Waals surface area contributed by atoms with Gasteiger partial charge in [-0.2, -0.15) is 0 Å². The first-order chi connectivity index (χ1) is 13.0. The zero-order valence-corrected chi connectivity index (χ0v) is 17.0. The third-order valence-electron chi connectivity index (χ3n) is 5.67. The van der Waals surface area contributed by atoms with Crippen molar-refractivity contribution in [3.05, 3.63) is 30.3 Å². The monoisotopic (exact) mass is 393 g/mol. The molecule has 0 atom stereocenters. The van der Waals surface area contributed by atoms with E-state index in [9.17, 15) is 13.2 Å². The first-order valence-electron chi connectivity index (χ1n) is 10.1. The Morgan fingerprint density at radius 3 is 2.22 bits per heavy atom. The summed E-state index contributed by atoms with van der Waals surface area (Å²) in [7, 11) is -3.16. The SMILES string of the molecule is CCCCS(=O)(=O)N1CCC(C(=O)N2CCN(c3ccccc3)CC2)CC1. The topological polar surface area (TPSA) is 60.9 Å². The maximum absolute atomic E-state index is 12.9. The molecule has 0 N–H and O–H groups in total. The summed E-state index contributed by atoms with van der Waals surface area (Å²) in [5.41, 5.74) is 1.20. The number of hydrogen-bond acceptors (Lipinski definition) is 4. The second-order valence-corrected chi connectivity index (χ2v) is 9.58. The Bertz CT molecular complexity index is 707. The normalized spacial score (nSPS) is 20.0. The van der Waals surface area contributed by atoms with Crippen molar-refractivity contribution in [3.8, 4) is 0 Å². The quantitative estimate of drug-likeness (QED) is 0.743. The maximum atomic E-state index is 12.9.